The van der Waals surface area contributed by atoms with E-state index in [1.165, 1.54) is 18.3 Å². The molecule has 8 heteroatoms. The molecule has 1 atom stereocenters. The summed E-state index contributed by atoms with van der Waals surface area (Å²) in [6.45, 7) is 2.80. The van der Waals surface area contributed by atoms with Crippen LogP contribution in [0.25, 0.3) is 10.9 Å². The molecule has 26 heavy (non-hydrogen) atoms. The van der Waals surface area contributed by atoms with Gasteiger partial charge >= 0.3 is 0 Å². The first-order valence-corrected chi connectivity index (χ1v) is 8.29. The highest BCUT2D eigenvalue weighted by atomic mass is 19.1. The maximum Gasteiger partial charge on any atom is 0.259 e. The molecule has 0 spiro atoms. The number of aromatic nitrogens is 3. The van der Waals surface area contributed by atoms with E-state index >= 15 is 0 Å². The van der Waals surface area contributed by atoms with E-state index in [1.54, 1.807) is 22.6 Å². The smallest absolute Gasteiger partial charge is 0.259 e. The van der Waals surface area contributed by atoms with Crippen molar-refractivity contribution >= 4 is 16.8 Å². The summed E-state index contributed by atoms with van der Waals surface area (Å²) in [7, 11) is 0. The Bertz CT molecular complexity index is 1070. The van der Waals surface area contributed by atoms with Gasteiger partial charge in [-0.25, -0.2) is 4.39 Å². The van der Waals surface area contributed by atoms with E-state index in [9.17, 15) is 19.1 Å². The van der Waals surface area contributed by atoms with E-state index in [-0.39, 0.29) is 10.9 Å². The summed E-state index contributed by atoms with van der Waals surface area (Å²) in [5, 5.41) is 14.1. The van der Waals surface area contributed by atoms with Gasteiger partial charge in [0.25, 0.3) is 5.91 Å². The summed E-state index contributed by atoms with van der Waals surface area (Å²) in [4.78, 5) is 29.9. The van der Waals surface area contributed by atoms with Crippen molar-refractivity contribution in [2.24, 2.45) is 0 Å². The first-order chi connectivity index (χ1) is 12.4. The van der Waals surface area contributed by atoms with E-state index in [2.05, 4.69) is 10.1 Å². The predicted molar refractivity (Wildman–Crippen MR) is 92.1 cm³/mol. The van der Waals surface area contributed by atoms with Gasteiger partial charge in [-0.05, 0) is 31.2 Å². The monoisotopic (exact) mass is 356 g/mol. The number of carbonyl (C=O) groups excluding carboxylic acids is 1. The van der Waals surface area contributed by atoms with Crippen LogP contribution in [0.15, 0.2) is 35.3 Å². The lowest BCUT2D eigenvalue weighted by molar-refractivity contribution is 0.0704. The molecule has 3 aromatic rings. The largest absolute Gasteiger partial charge is 0.387 e. The summed E-state index contributed by atoms with van der Waals surface area (Å²) in [5.41, 5.74) is 1.31. The van der Waals surface area contributed by atoms with Crippen LogP contribution in [0.5, 0.6) is 0 Å². The van der Waals surface area contributed by atoms with Gasteiger partial charge < -0.3 is 15.0 Å². The average molecular weight is 356 g/mol. The second kappa shape index (κ2) is 6.06. The molecule has 2 aromatic heterocycles. The Morgan fingerprint density at radius 3 is 2.92 bits per heavy atom. The fraction of sp³-hybridized carbons (Fsp3) is 0.278. The van der Waals surface area contributed by atoms with Crippen molar-refractivity contribution in [3.05, 3.63) is 63.5 Å². The minimum atomic E-state index is -0.685. The summed E-state index contributed by atoms with van der Waals surface area (Å²) in [6.07, 6.45) is 0.688. The minimum Gasteiger partial charge on any atom is -0.387 e. The average Bonchev–Trinajstić information content (AvgIpc) is 3.05. The number of pyridine rings is 1. The van der Waals surface area contributed by atoms with E-state index in [0.717, 1.165) is 11.8 Å². The molecule has 0 aliphatic carbocycles. The lowest BCUT2D eigenvalue weighted by atomic mass is 10.1. The molecule has 1 amide bonds. The number of hydrogen-bond acceptors (Lipinski definition) is 4. The van der Waals surface area contributed by atoms with Gasteiger partial charge in [-0.3, -0.25) is 14.3 Å². The van der Waals surface area contributed by atoms with Gasteiger partial charge in [0.15, 0.2) is 0 Å². The fourth-order valence-corrected chi connectivity index (χ4v) is 3.19. The second-order valence-corrected chi connectivity index (χ2v) is 6.41. The van der Waals surface area contributed by atoms with Crippen LogP contribution in [0.3, 0.4) is 0 Å². The molecule has 7 nitrogen and oxygen atoms in total. The SMILES string of the molecule is C[C@@H](O)c1cc2n(n1)CCN(C(=O)c1c[nH]c3ccc(F)cc3c1=O)C2. The maximum absolute atomic E-state index is 13.5. The topological polar surface area (TPSA) is 91.2 Å². The summed E-state index contributed by atoms with van der Waals surface area (Å²) in [5.74, 6) is -0.941. The number of halogens is 1. The van der Waals surface area contributed by atoms with E-state index in [0.29, 0.717) is 30.8 Å². The number of hydrogen-bond donors (Lipinski definition) is 2. The molecule has 0 unspecified atom stereocenters. The standard InChI is InChI=1S/C18H17FN4O3/c1-10(24)16-7-12-9-22(4-5-23(12)21-16)18(26)14-8-20-15-3-2-11(19)6-13(15)17(14)25/h2-3,6-8,10,24H,4-5,9H2,1H3,(H,20,25)/t10-/m1/s1. The molecular formula is C18H17FN4O3. The van der Waals surface area contributed by atoms with Crippen molar-refractivity contribution in [2.45, 2.75) is 26.1 Å². The molecule has 1 aliphatic heterocycles. The van der Waals surface area contributed by atoms with Crippen LogP contribution < -0.4 is 5.43 Å². The molecule has 3 heterocycles. The van der Waals surface area contributed by atoms with Gasteiger partial charge in [0.05, 0.1) is 30.6 Å². The van der Waals surface area contributed by atoms with E-state index in [1.807, 2.05) is 0 Å². The number of benzene rings is 1. The van der Waals surface area contributed by atoms with Crippen LogP contribution in [0, 0.1) is 5.82 Å². The molecule has 0 radical (unpaired) electrons. The Morgan fingerprint density at radius 1 is 1.35 bits per heavy atom. The van der Waals surface area contributed by atoms with Crippen LogP contribution in [-0.4, -0.2) is 37.2 Å². The highest BCUT2D eigenvalue weighted by molar-refractivity contribution is 5.97. The number of nitrogens with zero attached hydrogens (tertiary/aromatic N) is 3. The van der Waals surface area contributed by atoms with Crippen molar-refractivity contribution in [2.75, 3.05) is 6.54 Å². The zero-order valence-electron chi connectivity index (χ0n) is 14.1. The fourth-order valence-electron chi connectivity index (χ4n) is 3.19. The molecule has 0 saturated carbocycles. The lowest BCUT2D eigenvalue weighted by Crippen LogP contribution is -2.40. The molecule has 0 fully saturated rings. The highest BCUT2D eigenvalue weighted by Crippen LogP contribution is 2.19. The molecule has 4 rings (SSSR count). The van der Waals surface area contributed by atoms with Crippen molar-refractivity contribution < 1.29 is 14.3 Å². The number of aromatic amines is 1. The number of fused-ring (bicyclic) bond motifs is 2. The normalized spacial score (nSPS) is 15.1. The first-order valence-electron chi connectivity index (χ1n) is 8.29. The highest BCUT2D eigenvalue weighted by Gasteiger charge is 2.26. The zero-order valence-corrected chi connectivity index (χ0v) is 14.1. The van der Waals surface area contributed by atoms with Crippen LogP contribution in [0.2, 0.25) is 0 Å². The number of rotatable bonds is 2. The molecule has 2 N–H and O–H groups in total. The minimum absolute atomic E-state index is 0.0215. The maximum atomic E-state index is 13.5. The van der Waals surface area contributed by atoms with Crippen molar-refractivity contribution in [1.29, 1.82) is 0 Å². The lowest BCUT2D eigenvalue weighted by Gasteiger charge is -2.27. The molecule has 134 valence electrons. The number of aliphatic hydroxyl groups excluding tert-OH is 1. The quantitative estimate of drug-likeness (QED) is 0.729. The van der Waals surface area contributed by atoms with Crippen LogP contribution in [-0.2, 0) is 13.1 Å². The van der Waals surface area contributed by atoms with Gasteiger partial charge in [-0.2, -0.15) is 5.10 Å². The van der Waals surface area contributed by atoms with Crippen LogP contribution in [0.4, 0.5) is 4.39 Å². The van der Waals surface area contributed by atoms with Gasteiger partial charge in [-0.15, -0.1) is 0 Å². The molecule has 1 aromatic carbocycles. The number of aliphatic hydroxyl groups is 1. The molecular weight excluding hydrogens is 339 g/mol. The van der Waals surface area contributed by atoms with Crippen molar-refractivity contribution in [3.8, 4) is 0 Å². The first kappa shape index (κ1) is 16.5. The Kier molecular flexibility index (Phi) is 3.84. The van der Waals surface area contributed by atoms with Crippen molar-refractivity contribution in [3.63, 3.8) is 0 Å². The van der Waals surface area contributed by atoms with Gasteiger partial charge in [0, 0.05) is 23.6 Å². The number of carbonyl (C=O) groups is 1. The summed E-state index contributed by atoms with van der Waals surface area (Å²) >= 11 is 0. The van der Waals surface area contributed by atoms with Crippen LogP contribution in [0.1, 0.15) is 34.8 Å². The van der Waals surface area contributed by atoms with E-state index in [4.69, 9.17) is 0 Å². The second-order valence-electron chi connectivity index (χ2n) is 6.41. The van der Waals surface area contributed by atoms with Crippen LogP contribution >= 0.6 is 0 Å². The predicted octanol–water partition coefficient (Wildman–Crippen LogP) is 1.57. The summed E-state index contributed by atoms with van der Waals surface area (Å²) < 4.78 is 15.2. The molecule has 0 bridgehead atoms. The summed E-state index contributed by atoms with van der Waals surface area (Å²) in [6, 6.07) is 5.61. The van der Waals surface area contributed by atoms with Gasteiger partial charge in [0.2, 0.25) is 5.43 Å². The van der Waals surface area contributed by atoms with Gasteiger partial charge in [0.1, 0.15) is 11.4 Å². The third-order valence-corrected chi connectivity index (χ3v) is 4.61. The number of H-pyrrole nitrogens is 1. The van der Waals surface area contributed by atoms with E-state index < -0.39 is 23.3 Å². The number of amides is 1. The Labute approximate surface area is 147 Å². The Balaban J connectivity index is 1.67. The van der Waals surface area contributed by atoms with Crippen molar-refractivity contribution in [1.82, 2.24) is 19.7 Å². The van der Waals surface area contributed by atoms with Gasteiger partial charge in [-0.1, -0.05) is 0 Å². The zero-order chi connectivity index (χ0) is 18.4. The third-order valence-electron chi connectivity index (χ3n) is 4.61. The number of nitrogens with one attached hydrogen (secondary N) is 1. The Morgan fingerprint density at radius 2 is 2.15 bits per heavy atom. The Hall–Kier alpha value is -3.00. The molecule has 0 saturated heterocycles. The third kappa shape index (κ3) is 2.68. The molecule has 1 aliphatic rings.